The second-order valence-electron chi connectivity index (χ2n) is 6.39. The maximum Gasteiger partial charge on any atom is 0.126 e. The zero-order chi connectivity index (χ0) is 14.2. The number of fused-ring (bicyclic) bond motifs is 1. The minimum Gasteiger partial charge on any atom is -0.487 e. The second kappa shape index (κ2) is 5.57. The molecule has 0 bridgehead atoms. The van der Waals surface area contributed by atoms with E-state index in [0.29, 0.717) is 11.4 Å². The Morgan fingerprint density at radius 2 is 2.20 bits per heavy atom. The third kappa shape index (κ3) is 2.68. The molecule has 0 radical (unpaired) electrons. The Hall–Kier alpha value is -0.730. The predicted octanol–water partition coefficient (Wildman–Crippen LogP) is 4.89. The summed E-state index contributed by atoms with van der Waals surface area (Å²) >= 11 is 6.02. The van der Waals surface area contributed by atoms with Crippen molar-refractivity contribution in [2.24, 2.45) is 5.92 Å². The molecular formula is C17H23ClO2. The highest BCUT2D eigenvalue weighted by atomic mass is 35.5. The molecule has 0 aromatic heterocycles. The van der Waals surface area contributed by atoms with Crippen LogP contribution in [0.1, 0.15) is 63.5 Å². The monoisotopic (exact) mass is 294 g/mol. The lowest BCUT2D eigenvalue weighted by atomic mass is 9.83. The van der Waals surface area contributed by atoms with Gasteiger partial charge < -0.3 is 9.84 Å². The highest BCUT2D eigenvalue weighted by molar-refractivity contribution is 6.30. The molecule has 2 unspecified atom stereocenters. The van der Waals surface area contributed by atoms with E-state index in [1.165, 1.54) is 25.7 Å². The summed E-state index contributed by atoms with van der Waals surface area (Å²) in [5.41, 5.74) is 0.684. The smallest absolute Gasteiger partial charge is 0.126 e. The van der Waals surface area contributed by atoms with E-state index in [1.807, 2.05) is 18.2 Å². The van der Waals surface area contributed by atoms with Gasteiger partial charge in [-0.15, -0.1) is 0 Å². The van der Waals surface area contributed by atoms with E-state index >= 15 is 0 Å². The zero-order valence-electron chi connectivity index (χ0n) is 12.1. The van der Waals surface area contributed by atoms with E-state index in [9.17, 15) is 5.11 Å². The highest BCUT2D eigenvalue weighted by Crippen LogP contribution is 2.47. The second-order valence-corrected chi connectivity index (χ2v) is 6.83. The summed E-state index contributed by atoms with van der Waals surface area (Å²) in [4.78, 5) is 0. The van der Waals surface area contributed by atoms with Crippen molar-refractivity contribution >= 4 is 11.6 Å². The summed E-state index contributed by atoms with van der Waals surface area (Å²) in [5, 5.41) is 11.1. The summed E-state index contributed by atoms with van der Waals surface area (Å²) in [6.45, 7) is 2.27. The Bertz CT molecular complexity index is 488. The maximum absolute atomic E-state index is 10.5. The molecule has 1 aromatic carbocycles. The lowest BCUT2D eigenvalue weighted by Gasteiger charge is -2.40. The predicted molar refractivity (Wildman–Crippen MR) is 81.3 cm³/mol. The summed E-state index contributed by atoms with van der Waals surface area (Å²) < 4.78 is 6.34. The number of halogens is 1. The zero-order valence-corrected chi connectivity index (χ0v) is 12.8. The summed E-state index contributed by atoms with van der Waals surface area (Å²) in [6, 6.07) is 5.58. The van der Waals surface area contributed by atoms with Crippen LogP contribution in [0.15, 0.2) is 18.2 Å². The fourth-order valence-electron chi connectivity index (χ4n) is 3.77. The molecule has 3 atom stereocenters. The van der Waals surface area contributed by atoms with Crippen LogP contribution in [0.4, 0.5) is 0 Å². The lowest BCUT2D eigenvalue weighted by Crippen LogP contribution is -2.40. The molecule has 110 valence electrons. The minimum atomic E-state index is -0.448. The Kier molecular flexibility index (Phi) is 3.96. The SMILES string of the molecule is CCC1CCCC2(CC1)C[C@@H](O)c1cc(Cl)ccc1O2. The fourth-order valence-corrected chi connectivity index (χ4v) is 3.95. The van der Waals surface area contributed by atoms with Gasteiger partial charge in [-0.25, -0.2) is 0 Å². The fraction of sp³-hybridized carbons (Fsp3) is 0.647. The van der Waals surface area contributed by atoms with E-state index < -0.39 is 6.10 Å². The first kappa shape index (κ1) is 14.2. The van der Waals surface area contributed by atoms with E-state index in [0.717, 1.165) is 30.1 Å². The van der Waals surface area contributed by atoms with E-state index in [1.54, 1.807) is 0 Å². The molecule has 20 heavy (non-hydrogen) atoms. The van der Waals surface area contributed by atoms with Gasteiger partial charge in [0.15, 0.2) is 0 Å². The van der Waals surface area contributed by atoms with Crippen molar-refractivity contribution in [2.45, 2.75) is 63.6 Å². The molecule has 1 aromatic rings. The Morgan fingerprint density at radius 1 is 1.35 bits per heavy atom. The third-order valence-corrected chi connectivity index (χ3v) is 5.29. The van der Waals surface area contributed by atoms with Gasteiger partial charge >= 0.3 is 0 Å². The molecular weight excluding hydrogens is 272 g/mol. The molecule has 2 nitrogen and oxygen atoms in total. The van der Waals surface area contributed by atoms with Crippen molar-refractivity contribution in [1.29, 1.82) is 0 Å². The number of hydrogen-bond donors (Lipinski definition) is 1. The van der Waals surface area contributed by atoms with Gasteiger partial charge in [0.2, 0.25) is 0 Å². The molecule has 0 saturated heterocycles. The molecule has 1 fully saturated rings. The summed E-state index contributed by atoms with van der Waals surface area (Å²) in [7, 11) is 0. The van der Waals surface area contributed by atoms with Gasteiger partial charge in [0.05, 0.1) is 6.10 Å². The average Bonchev–Trinajstić information content (AvgIpc) is 2.62. The van der Waals surface area contributed by atoms with Crippen LogP contribution in [0.3, 0.4) is 0 Å². The molecule has 1 aliphatic heterocycles. The Labute approximate surface area is 126 Å². The lowest BCUT2D eigenvalue weighted by molar-refractivity contribution is -0.0251. The summed E-state index contributed by atoms with van der Waals surface area (Å²) in [5.74, 6) is 1.64. The Balaban J connectivity index is 1.85. The number of benzene rings is 1. The first-order chi connectivity index (χ1) is 9.62. The van der Waals surface area contributed by atoms with Gasteiger partial charge in [-0.1, -0.05) is 31.4 Å². The molecule has 3 rings (SSSR count). The van der Waals surface area contributed by atoms with Gasteiger partial charge in [0.25, 0.3) is 0 Å². The van der Waals surface area contributed by atoms with E-state index in [-0.39, 0.29) is 5.60 Å². The van der Waals surface area contributed by atoms with Crippen LogP contribution >= 0.6 is 11.6 Å². The van der Waals surface area contributed by atoms with Gasteiger partial charge in [0.1, 0.15) is 11.4 Å². The molecule has 1 spiro atoms. The first-order valence-corrected chi connectivity index (χ1v) is 8.16. The van der Waals surface area contributed by atoms with Crippen LogP contribution in [0.25, 0.3) is 0 Å². The number of aliphatic hydroxyl groups is 1. The van der Waals surface area contributed by atoms with E-state index in [2.05, 4.69) is 6.92 Å². The van der Waals surface area contributed by atoms with Gasteiger partial charge in [-0.3, -0.25) is 0 Å². The van der Waals surface area contributed by atoms with Crippen molar-refractivity contribution in [3.05, 3.63) is 28.8 Å². The molecule has 1 heterocycles. The molecule has 1 N–H and O–H groups in total. The number of hydrogen-bond acceptors (Lipinski definition) is 2. The minimum absolute atomic E-state index is 0.163. The number of rotatable bonds is 1. The normalized spacial score (nSPS) is 33.4. The highest BCUT2D eigenvalue weighted by Gasteiger charge is 2.41. The molecule has 0 amide bonds. The quantitative estimate of drug-likeness (QED) is 0.799. The van der Waals surface area contributed by atoms with Crippen molar-refractivity contribution in [1.82, 2.24) is 0 Å². The molecule has 3 heteroatoms. The standard InChI is InChI=1S/C17H23ClO2/c1-2-12-4-3-8-17(9-7-12)11-15(19)14-10-13(18)5-6-16(14)20-17/h5-6,10,12,15,19H,2-4,7-9,11H2,1H3/t12?,15-,17?/m1/s1. The van der Waals surface area contributed by atoms with Crippen LogP contribution in [-0.4, -0.2) is 10.7 Å². The first-order valence-electron chi connectivity index (χ1n) is 7.78. The van der Waals surface area contributed by atoms with Crippen LogP contribution in [-0.2, 0) is 0 Å². The van der Waals surface area contributed by atoms with Gasteiger partial charge in [-0.2, -0.15) is 0 Å². The molecule has 2 aliphatic rings. The number of aliphatic hydroxyl groups excluding tert-OH is 1. The van der Waals surface area contributed by atoms with Crippen molar-refractivity contribution in [3.8, 4) is 5.75 Å². The van der Waals surface area contributed by atoms with Crippen molar-refractivity contribution in [3.63, 3.8) is 0 Å². The Morgan fingerprint density at radius 3 is 3.00 bits per heavy atom. The molecule has 1 saturated carbocycles. The van der Waals surface area contributed by atoms with Gasteiger partial charge in [-0.05, 0) is 49.8 Å². The molecule has 1 aliphatic carbocycles. The topological polar surface area (TPSA) is 29.5 Å². The van der Waals surface area contributed by atoms with Crippen LogP contribution in [0.2, 0.25) is 5.02 Å². The average molecular weight is 295 g/mol. The maximum atomic E-state index is 10.5. The largest absolute Gasteiger partial charge is 0.487 e. The van der Waals surface area contributed by atoms with Crippen LogP contribution < -0.4 is 4.74 Å². The van der Waals surface area contributed by atoms with Gasteiger partial charge in [0, 0.05) is 17.0 Å². The number of ether oxygens (including phenoxy) is 1. The summed E-state index contributed by atoms with van der Waals surface area (Å²) in [6.07, 6.45) is 7.34. The van der Waals surface area contributed by atoms with E-state index in [4.69, 9.17) is 16.3 Å². The van der Waals surface area contributed by atoms with Crippen LogP contribution in [0.5, 0.6) is 5.75 Å². The third-order valence-electron chi connectivity index (χ3n) is 5.05. The van der Waals surface area contributed by atoms with Crippen LogP contribution in [0, 0.1) is 5.92 Å². The van der Waals surface area contributed by atoms with Crippen molar-refractivity contribution < 1.29 is 9.84 Å². The van der Waals surface area contributed by atoms with Crippen molar-refractivity contribution in [2.75, 3.05) is 0 Å².